The maximum atomic E-state index is 9.74. The number of ether oxygens (including phenoxy) is 1. The zero-order valence-electron chi connectivity index (χ0n) is 9.66. The Hall–Kier alpha value is -1.52. The molecule has 2 rings (SSSR count). The fourth-order valence-electron chi connectivity index (χ4n) is 1.98. The van der Waals surface area contributed by atoms with Crippen LogP contribution < -0.4 is 5.73 Å². The summed E-state index contributed by atoms with van der Waals surface area (Å²) < 4.78 is 4.93. The van der Waals surface area contributed by atoms with E-state index in [0.29, 0.717) is 11.3 Å². The van der Waals surface area contributed by atoms with Crippen molar-refractivity contribution in [2.24, 2.45) is 0 Å². The summed E-state index contributed by atoms with van der Waals surface area (Å²) in [6, 6.07) is 3.57. The molecule has 1 aromatic carbocycles. The number of benzene rings is 1. The highest BCUT2D eigenvalue weighted by Crippen LogP contribution is 2.32. The molecular formula is C12H16N2O2. The van der Waals surface area contributed by atoms with Gasteiger partial charge in [-0.05, 0) is 31.5 Å². The molecule has 1 heterocycles. The fraction of sp³-hybridized carbons (Fsp3) is 0.333. The summed E-state index contributed by atoms with van der Waals surface area (Å²) in [4.78, 5) is 3.23. The molecular weight excluding hydrogens is 204 g/mol. The standard InChI is InChI=1S/C12H16N2O2/c1-6-7(2)14-11-8(12(15)16-3)4-5-9(13)10(6)11/h4-5,12,14-15H,13H2,1-3H3. The van der Waals surface area contributed by atoms with E-state index in [1.165, 1.54) is 7.11 Å². The number of H-pyrrole nitrogens is 1. The molecule has 4 heteroatoms. The van der Waals surface area contributed by atoms with Gasteiger partial charge in [0.2, 0.25) is 0 Å². The largest absolute Gasteiger partial charge is 0.398 e. The second kappa shape index (κ2) is 3.81. The van der Waals surface area contributed by atoms with Crippen LogP contribution in [0.15, 0.2) is 12.1 Å². The van der Waals surface area contributed by atoms with E-state index in [4.69, 9.17) is 10.5 Å². The minimum atomic E-state index is -0.930. The quantitative estimate of drug-likeness (QED) is 0.535. The molecule has 0 bridgehead atoms. The van der Waals surface area contributed by atoms with Crippen molar-refractivity contribution in [2.75, 3.05) is 12.8 Å². The van der Waals surface area contributed by atoms with E-state index in [-0.39, 0.29) is 0 Å². The maximum Gasteiger partial charge on any atom is 0.182 e. The first-order valence-electron chi connectivity index (χ1n) is 5.14. The summed E-state index contributed by atoms with van der Waals surface area (Å²) in [5.74, 6) is 0. The summed E-state index contributed by atoms with van der Waals surface area (Å²) in [6.07, 6.45) is -0.930. The van der Waals surface area contributed by atoms with Crippen LogP contribution in [-0.2, 0) is 4.74 Å². The highest BCUT2D eigenvalue weighted by Gasteiger charge is 2.15. The van der Waals surface area contributed by atoms with E-state index in [9.17, 15) is 5.11 Å². The Morgan fingerprint density at radius 1 is 1.38 bits per heavy atom. The molecule has 0 saturated heterocycles. The number of fused-ring (bicyclic) bond motifs is 1. The van der Waals surface area contributed by atoms with Crippen LogP contribution in [-0.4, -0.2) is 17.2 Å². The number of aliphatic hydroxyl groups excluding tert-OH is 1. The number of hydrogen-bond donors (Lipinski definition) is 3. The monoisotopic (exact) mass is 220 g/mol. The van der Waals surface area contributed by atoms with E-state index in [2.05, 4.69) is 4.98 Å². The fourth-order valence-corrected chi connectivity index (χ4v) is 1.98. The number of anilines is 1. The molecule has 0 aliphatic carbocycles. The van der Waals surface area contributed by atoms with Crippen LogP contribution in [0, 0.1) is 13.8 Å². The van der Waals surface area contributed by atoms with E-state index in [1.807, 2.05) is 13.8 Å². The van der Waals surface area contributed by atoms with Gasteiger partial charge in [-0.1, -0.05) is 0 Å². The van der Waals surface area contributed by atoms with Crippen molar-refractivity contribution in [1.82, 2.24) is 4.98 Å². The number of rotatable bonds is 2. The minimum absolute atomic E-state index is 0.711. The molecule has 1 unspecified atom stereocenters. The Morgan fingerprint density at radius 3 is 2.69 bits per heavy atom. The first kappa shape index (κ1) is 11.0. The van der Waals surface area contributed by atoms with Crippen molar-refractivity contribution in [1.29, 1.82) is 0 Å². The van der Waals surface area contributed by atoms with Gasteiger partial charge >= 0.3 is 0 Å². The van der Waals surface area contributed by atoms with Gasteiger partial charge in [-0.25, -0.2) is 0 Å². The third-order valence-electron chi connectivity index (χ3n) is 3.01. The number of aryl methyl sites for hydroxylation is 2. The SMILES string of the molecule is COC(O)c1ccc(N)c2c(C)c(C)[nH]c12. The summed E-state index contributed by atoms with van der Waals surface area (Å²) in [5.41, 5.74) is 10.4. The molecule has 1 atom stereocenters. The van der Waals surface area contributed by atoms with Crippen LogP contribution in [0.2, 0.25) is 0 Å². The van der Waals surface area contributed by atoms with Gasteiger partial charge in [0, 0.05) is 29.4 Å². The maximum absolute atomic E-state index is 9.74. The van der Waals surface area contributed by atoms with Gasteiger partial charge in [0.1, 0.15) is 0 Å². The van der Waals surface area contributed by atoms with E-state index < -0.39 is 6.29 Å². The number of methoxy groups -OCH3 is 1. The molecule has 86 valence electrons. The van der Waals surface area contributed by atoms with E-state index >= 15 is 0 Å². The number of aromatic nitrogens is 1. The molecule has 0 fully saturated rings. The first-order valence-corrected chi connectivity index (χ1v) is 5.14. The Morgan fingerprint density at radius 2 is 2.06 bits per heavy atom. The van der Waals surface area contributed by atoms with Crippen molar-refractivity contribution in [2.45, 2.75) is 20.1 Å². The zero-order chi connectivity index (χ0) is 11.9. The van der Waals surface area contributed by atoms with Gasteiger partial charge in [0.05, 0.1) is 5.52 Å². The van der Waals surface area contributed by atoms with Crippen LogP contribution in [0.5, 0.6) is 0 Å². The molecule has 16 heavy (non-hydrogen) atoms. The second-order valence-corrected chi connectivity index (χ2v) is 3.96. The van der Waals surface area contributed by atoms with Crippen molar-refractivity contribution in [3.8, 4) is 0 Å². The molecule has 4 nitrogen and oxygen atoms in total. The molecule has 0 aliphatic rings. The van der Waals surface area contributed by atoms with Crippen LogP contribution in [0.4, 0.5) is 5.69 Å². The van der Waals surface area contributed by atoms with Gasteiger partial charge in [-0.15, -0.1) is 0 Å². The molecule has 0 radical (unpaired) electrons. The summed E-state index contributed by atoms with van der Waals surface area (Å²) in [6.45, 7) is 3.99. The van der Waals surface area contributed by atoms with Crippen molar-refractivity contribution in [3.63, 3.8) is 0 Å². The predicted molar refractivity (Wildman–Crippen MR) is 64.2 cm³/mol. The highest BCUT2D eigenvalue weighted by molar-refractivity contribution is 5.96. The third kappa shape index (κ3) is 1.47. The normalized spacial score (nSPS) is 13.2. The molecule has 2 aromatic rings. The first-order chi connectivity index (χ1) is 7.56. The Balaban J connectivity index is 2.79. The third-order valence-corrected chi connectivity index (χ3v) is 3.01. The lowest BCUT2D eigenvalue weighted by Gasteiger charge is -2.11. The van der Waals surface area contributed by atoms with Crippen LogP contribution >= 0.6 is 0 Å². The van der Waals surface area contributed by atoms with Crippen LogP contribution in [0.25, 0.3) is 10.9 Å². The smallest absolute Gasteiger partial charge is 0.182 e. The summed E-state index contributed by atoms with van der Waals surface area (Å²) in [7, 11) is 1.47. The summed E-state index contributed by atoms with van der Waals surface area (Å²) in [5, 5.41) is 10.7. The average Bonchev–Trinajstić information content (AvgIpc) is 2.56. The van der Waals surface area contributed by atoms with Gasteiger partial charge in [0.25, 0.3) is 0 Å². The lowest BCUT2D eigenvalue weighted by Crippen LogP contribution is -2.01. The molecule has 0 spiro atoms. The van der Waals surface area contributed by atoms with Crippen molar-refractivity contribution >= 4 is 16.6 Å². The molecule has 1 aromatic heterocycles. The summed E-state index contributed by atoms with van der Waals surface area (Å²) >= 11 is 0. The predicted octanol–water partition coefficient (Wildman–Crippen LogP) is 2.00. The number of hydrogen-bond acceptors (Lipinski definition) is 3. The average molecular weight is 220 g/mol. The minimum Gasteiger partial charge on any atom is -0.398 e. The van der Waals surface area contributed by atoms with Gasteiger partial charge in [0.15, 0.2) is 6.29 Å². The van der Waals surface area contributed by atoms with E-state index in [1.54, 1.807) is 12.1 Å². The number of aliphatic hydroxyl groups is 1. The molecule has 0 aliphatic heterocycles. The number of aromatic amines is 1. The highest BCUT2D eigenvalue weighted by atomic mass is 16.6. The van der Waals surface area contributed by atoms with Crippen LogP contribution in [0.1, 0.15) is 23.1 Å². The molecule has 0 amide bonds. The molecule has 4 N–H and O–H groups in total. The number of nitrogens with two attached hydrogens (primary N) is 1. The molecule has 0 saturated carbocycles. The lowest BCUT2D eigenvalue weighted by atomic mass is 10.1. The Bertz CT molecular complexity index is 531. The van der Waals surface area contributed by atoms with Crippen molar-refractivity contribution < 1.29 is 9.84 Å². The lowest BCUT2D eigenvalue weighted by molar-refractivity contribution is -0.0759. The second-order valence-electron chi connectivity index (χ2n) is 3.96. The number of nitrogens with one attached hydrogen (secondary N) is 1. The Kier molecular flexibility index (Phi) is 2.61. The van der Waals surface area contributed by atoms with Gasteiger partial charge < -0.3 is 20.6 Å². The Labute approximate surface area is 94.0 Å². The van der Waals surface area contributed by atoms with E-state index in [0.717, 1.165) is 22.2 Å². The van der Waals surface area contributed by atoms with Crippen molar-refractivity contribution in [3.05, 3.63) is 29.0 Å². The van der Waals surface area contributed by atoms with Gasteiger partial charge in [-0.3, -0.25) is 0 Å². The van der Waals surface area contributed by atoms with Gasteiger partial charge in [-0.2, -0.15) is 0 Å². The number of nitrogen functional groups attached to an aromatic ring is 1. The topological polar surface area (TPSA) is 71.3 Å². The van der Waals surface area contributed by atoms with Crippen LogP contribution in [0.3, 0.4) is 0 Å². The zero-order valence-corrected chi connectivity index (χ0v) is 9.66.